The van der Waals surface area contributed by atoms with Gasteiger partial charge in [0.25, 0.3) is 0 Å². The van der Waals surface area contributed by atoms with E-state index in [1.54, 1.807) is 23.5 Å². The molecule has 3 heteroatoms. The van der Waals surface area contributed by atoms with Crippen molar-refractivity contribution in [2.75, 3.05) is 12.5 Å². The predicted molar refractivity (Wildman–Crippen MR) is 91.2 cm³/mol. The molecule has 0 bridgehead atoms. The van der Waals surface area contributed by atoms with Gasteiger partial charge >= 0.3 is 0 Å². The maximum Gasteiger partial charge on any atom is 0.195 e. The van der Waals surface area contributed by atoms with Gasteiger partial charge in [-0.25, -0.2) is 0 Å². The van der Waals surface area contributed by atoms with E-state index >= 15 is 0 Å². The first kappa shape index (κ1) is 14.9. The summed E-state index contributed by atoms with van der Waals surface area (Å²) in [5.74, 6) is 0.0792. The molecular weight excluding hydrogens is 284 g/mol. The van der Waals surface area contributed by atoms with Crippen molar-refractivity contribution in [3.05, 3.63) is 76.0 Å². The summed E-state index contributed by atoms with van der Waals surface area (Å²) in [6.45, 7) is 0. The number of Topliss-reactive ketones (excluding diaryl/α,β-unsaturated/α-hetero) is 1. The van der Waals surface area contributed by atoms with Gasteiger partial charge in [-0.3, -0.25) is 4.79 Å². The van der Waals surface area contributed by atoms with Gasteiger partial charge in [-0.2, -0.15) is 0 Å². The summed E-state index contributed by atoms with van der Waals surface area (Å²) >= 11 is 3.24. The van der Waals surface area contributed by atoms with Crippen LogP contribution in [-0.4, -0.2) is 18.3 Å². The maximum atomic E-state index is 12.8. The lowest BCUT2D eigenvalue weighted by Crippen LogP contribution is -2.04. The van der Waals surface area contributed by atoms with Crippen LogP contribution in [0.1, 0.15) is 15.9 Å². The van der Waals surface area contributed by atoms with Crippen LogP contribution >= 0.6 is 23.5 Å². The normalized spacial score (nSPS) is 10.1. The molecule has 20 heavy (non-hydrogen) atoms. The Kier molecular flexibility index (Phi) is 5.50. The Morgan fingerprint density at radius 3 is 1.65 bits per heavy atom. The van der Waals surface area contributed by atoms with Gasteiger partial charge in [0.2, 0.25) is 0 Å². The number of rotatable bonds is 5. The lowest BCUT2D eigenvalue weighted by atomic mass is 9.98. The van der Waals surface area contributed by atoms with Crippen molar-refractivity contribution >= 4 is 34.9 Å². The lowest BCUT2D eigenvalue weighted by molar-refractivity contribution is 0.105. The second-order valence-electron chi connectivity index (χ2n) is 4.13. The largest absolute Gasteiger partial charge is 0.289 e. The molecule has 0 atom stereocenters. The topological polar surface area (TPSA) is 17.1 Å². The molecule has 0 amide bonds. The van der Waals surface area contributed by atoms with Gasteiger partial charge < -0.3 is 0 Å². The molecule has 2 aromatic rings. The summed E-state index contributed by atoms with van der Waals surface area (Å²) in [7, 11) is 0. The van der Waals surface area contributed by atoms with Gasteiger partial charge in [0.15, 0.2) is 5.78 Å². The van der Waals surface area contributed by atoms with Crippen LogP contribution in [0.4, 0.5) is 0 Å². The summed E-state index contributed by atoms with van der Waals surface area (Å²) in [6, 6.07) is 19.3. The van der Waals surface area contributed by atoms with Gasteiger partial charge in [-0.15, -0.1) is 23.5 Å². The fraction of sp³-hybridized carbons (Fsp3) is 0.118. The summed E-state index contributed by atoms with van der Waals surface area (Å²) in [6.07, 6.45) is 4.01. The molecule has 0 unspecified atom stereocenters. The van der Waals surface area contributed by atoms with Gasteiger partial charge in [0.1, 0.15) is 0 Å². The molecule has 0 aliphatic rings. The summed E-state index contributed by atoms with van der Waals surface area (Å²) in [5.41, 5.74) is 2.49. The fourth-order valence-electron chi connectivity index (χ4n) is 1.97. The Balaban J connectivity index is 2.54. The first-order valence-corrected chi connectivity index (χ1v) is 8.70. The third-order valence-electron chi connectivity index (χ3n) is 2.90. The van der Waals surface area contributed by atoms with Crippen molar-refractivity contribution in [1.82, 2.24) is 0 Å². The van der Waals surface area contributed by atoms with E-state index < -0.39 is 0 Å². The highest BCUT2D eigenvalue weighted by Gasteiger charge is 2.18. The number of benzene rings is 2. The Hall–Kier alpha value is -1.45. The zero-order valence-electron chi connectivity index (χ0n) is 11.5. The number of thioether (sulfide) groups is 2. The monoisotopic (exact) mass is 300 g/mol. The van der Waals surface area contributed by atoms with Crippen molar-refractivity contribution in [3.8, 4) is 0 Å². The molecule has 0 fully saturated rings. The number of allylic oxidation sites excluding steroid dienone is 1. The zero-order valence-corrected chi connectivity index (χ0v) is 13.1. The van der Waals surface area contributed by atoms with Crippen molar-refractivity contribution in [2.24, 2.45) is 0 Å². The molecular formula is C17H16OS2. The number of hydrogen-bond donors (Lipinski definition) is 0. The Bertz CT molecular complexity index is 597. The van der Waals surface area contributed by atoms with Crippen LogP contribution < -0.4 is 0 Å². The van der Waals surface area contributed by atoms with Gasteiger partial charge in [0, 0.05) is 11.1 Å². The second-order valence-corrected chi connectivity index (χ2v) is 6.02. The van der Waals surface area contributed by atoms with E-state index in [0.717, 1.165) is 20.9 Å². The van der Waals surface area contributed by atoms with E-state index in [2.05, 4.69) is 0 Å². The van der Waals surface area contributed by atoms with Crippen molar-refractivity contribution < 1.29 is 4.79 Å². The molecule has 0 spiro atoms. The van der Waals surface area contributed by atoms with Crippen molar-refractivity contribution in [2.45, 2.75) is 0 Å². The van der Waals surface area contributed by atoms with Gasteiger partial charge in [-0.1, -0.05) is 60.7 Å². The van der Waals surface area contributed by atoms with Crippen LogP contribution in [0, 0.1) is 0 Å². The fourth-order valence-corrected chi connectivity index (χ4v) is 3.46. The Morgan fingerprint density at radius 2 is 1.20 bits per heavy atom. The molecule has 2 rings (SSSR count). The molecule has 0 radical (unpaired) electrons. The SMILES string of the molecule is CSC(SC)=C(C(=O)c1ccccc1)c1ccccc1. The summed E-state index contributed by atoms with van der Waals surface area (Å²) < 4.78 is 1.05. The smallest absolute Gasteiger partial charge is 0.195 e. The molecule has 0 saturated heterocycles. The van der Waals surface area contributed by atoms with E-state index in [0.29, 0.717) is 0 Å². The molecule has 0 aliphatic carbocycles. The molecule has 102 valence electrons. The van der Waals surface area contributed by atoms with E-state index in [-0.39, 0.29) is 5.78 Å². The molecule has 0 aliphatic heterocycles. The maximum absolute atomic E-state index is 12.8. The Morgan fingerprint density at radius 1 is 0.750 bits per heavy atom. The van der Waals surface area contributed by atoms with E-state index in [4.69, 9.17) is 0 Å². The molecule has 0 aromatic heterocycles. The van der Waals surface area contributed by atoms with E-state index in [1.165, 1.54) is 0 Å². The van der Waals surface area contributed by atoms with Crippen LogP contribution in [0.2, 0.25) is 0 Å². The first-order chi connectivity index (χ1) is 9.77. The van der Waals surface area contributed by atoms with Crippen LogP contribution in [0.3, 0.4) is 0 Å². The van der Waals surface area contributed by atoms with Gasteiger partial charge in [-0.05, 0) is 18.1 Å². The second kappa shape index (κ2) is 7.36. The predicted octanol–water partition coefficient (Wildman–Crippen LogP) is 4.96. The number of carbonyl (C=O) groups excluding carboxylic acids is 1. The minimum Gasteiger partial charge on any atom is -0.289 e. The van der Waals surface area contributed by atoms with Gasteiger partial charge in [0.05, 0.1) is 4.24 Å². The van der Waals surface area contributed by atoms with E-state index in [9.17, 15) is 4.79 Å². The van der Waals surface area contributed by atoms with Crippen LogP contribution in [-0.2, 0) is 0 Å². The number of hydrogen-bond acceptors (Lipinski definition) is 3. The van der Waals surface area contributed by atoms with Crippen molar-refractivity contribution in [1.29, 1.82) is 0 Å². The number of carbonyl (C=O) groups is 1. The third kappa shape index (κ3) is 3.35. The van der Waals surface area contributed by atoms with Crippen LogP contribution in [0.5, 0.6) is 0 Å². The van der Waals surface area contributed by atoms with Crippen LogP contribution in [0.15, 0.2) is 64.9 Å². The standard InChI is InChI=1S/C17H16OS2/c1-19-17(20-2)15(13-9-5-3-6-10-13)16(18)14-11-7-4-8-12-14/h3-12H,1-2H3. The lowest BCUT2D eigenvalue weighted by Gasteiger charge is -2.12. The Labute approximate surface area is 128 Å². The molecule has 1 nitrogen and oxygen atoms in total. The highest BCUT2D eigenvalue weighted by molar-refractivity contribution is 8.22. The average Bonchev–Trinajstić information content (AvgIpc) is 2.53. The molecule has 0 saturated carbocycles. The number of ketones is 1. The highest BCUT2D eigenvalue weighted by Crippen LogP contribution is 2.35. The van der Waals surface area contributed by atoms with Crippen LogP contribution in [0.25, 0.3) is 5.57 Å². The van der Waals surface area contributed by atoms with E-state index in [1.807, 2.05) is 73.2 Å². The zero-order chi connectivity index (χ0) is 14.4. The first-order valence-electron chi connectivity index (χ1n) is 6.25. The summed E-state index contributed by atoms with van der Waals surface area (Å²) in [5, 5.41) is 0. The molecule has 2 aromatic carbocycles. The minimum absolute atomic E-state index is 0.0792. The highest BCUT2D eigenvalue weighted by atomic mass is 32.2. The quantitative estimate of drug-likeness (QED) is 0.573. The molecule has 0 heterocycles. The summed E-state index contributed by atoms with van der Waals surface area (Å²) in [4.78, 5) is 12.8. The molecule has 0 N–H and O–H groups in total. The third-order valence-corrected chi connectivity index (χ3v) is 5.05. The van der Waals surface area contributed by atoms with Crippen molar-refractivity contribution in [3.63, 3.8) is 0 Å². The minimum atomic E-state index is 0.0792. The average molecular weight is 300 g/mol.